The number of ether oxygens (including phenoxy) is 1. The van der Waals surface area contributed by atoms with Crippen molar-refractivity contribution < 1.29 is 19.6 Å². The van der Waals surface area contributed by atoms with Crippen LogP contribution >= 0.6 is 0 Å². The Labute approximate surface area is 110 Å². The summed E-state index contributed by atoms with van der Waals surface area (Å²) in [5.74, 6) is -0.904. The van der Waals surface area contributed by atoms with Crippen LogP contribution in [-0.2, 0) is 16.0 Å². The molecule has 1 unspecified atom stereocenters. The summed E-state index contributed by atoms with van der Waals surface area (Å²) >= 11 is 0. The molecule has 2 rings (SSSR count). The van der Waals surface area contributed by atoms with Crippen LogP contribution in [0.2, 0.25) is 0 Å². The molecule has 1 atom stereocenters. The molecule has 0 aromatic heterocycles. The molecule has 1 saturated heterocycles. The lowest BCUT2D eigenvalue weighted by molar-refractivity contribution is -0.384. The average molecular weight is 265 g/mol. The van der Waals surface area contributed by atoms with E-state index >= 15 is 0 Å². The maximum Gasteiger partial charge on any atom is 0.312 e. The van der Waals surface area contributed by atoms with Crippen molar-refractivity contribution in [1.82, 2.24) is 0 Å². The molecule has 0 spiro atoms. The molecular weight excluding hydrogens is 250 g/mol. The first kappa shape index (κ1) is 13.5. The molecular formula is C13H15NO5. The molecule has 0 bridgehead atoms. The van der Waals surface area contributed by atoms with Gasteiger partial charge in [-0.2, -0.15) is 0 Å². The average Bonchev–Trinajstić information content (AvgIpc) is 2.40. The van der Waals surface area contributed by atoms with Crippen molar-refractivity contribution in [2.45, 2.75) is 19.3 Å². The number of aliphatic carboxylic acids is 1. The van der Waals surface area contributed by atoms with E-state index in [9.17, 15) is 20.0 Å². The highest BCUT2D eigenvalue weighted by molar-refractivity contribution is 5.75. The van der Waals surface area contributed by atoms with Crippen LogP contribution in [0.1, 0.15) is 18.4 Å². The number of hydrogen-bond acceptors (Lipinski definition) is 4. The summed E-state index contributed by atoms with van der Waals surface area (Å²) in [6, 6.07) is 6.12. The number of nitrogens with zero attached hydrogens (tertiary/aromatic N) is 1. The van der Waals surface area contributed by atoms with Gasteiger partial charge in [-0.1, -0.05) is 12.1 Å². The van der Waals surface area contributed by atoms with Gasteiger partial charge in [0, 0.05) is 18.7 Å². The fourth-order valence-corrected chi connectivity index (χ4v) is 2.41. The summed E-state index contributed by atoms with van der Waals surface area (Å²) < 4.78 is 5.28. The lowest BCUT2D eigenvalue weighted by Crippen LogP contribution is -2.41. The monoisotopic (exact) mass is 265 g/mol. The first-order valence-electron chi connectivity index (χ1n) is 6.08. The molecule has 1 aromatic rings. The van der Waals surface area contributed by atoms with Gasteiger partial charge in [0.25, 0.3) is 5.69 Å². The minimum absolute atomic E-state index is 0.0187. The number of carboxylic acids is 1. The molecule has 1 fully saturated rings. The first-order valence-corrected chi connectivity index (χ1v) is 6.08. The molecule has 6 heteroatoms. The zero-order valence-electron chi connectivity index (χ0n) is 10.4. The Morgan fingerprint density at radius 2 is 2.32 bits per heavy atom. The van der Waals surface area contributed by atoms with Crippen molar-refractivity contribution in [2.75, 3.05) is 13.2 Å². The molecule has 0 aliphatic carbocycles. The van der Waals surface area contributed by atoms with Crippen LogP contribution in [0.4, 0.5) is 5.69 Å². The summed E-state index contributed by atoms with van der Waals surface area (Å²) in [7, 11) is 0. The van der Waals surface area contributed by atoms with Crippen molar-refractivity contribution in [3.8, 4) is 0 Å². The number of non-ortho nitro benzene ring substituents is 1. The van der Waals surface area contributed by atoms with E-state index in [1.165, 1.54) is 12.1 Å². The second-order valence-electron chi connectivity index (χ2n) is 4.85. The van der Waals surface area contributed by atoms with Crippen LogP contribution in [0, 0.1) is 15.5 Å². The fraction of sp³-hybridized carbons (Fsp3) is 0.462. The second-order valence-corrected chi connectivity index (χ2v) is 4.85. The molecule has 1 aliphatic heterocycles. The van der Waals surface area contributed by atoms with Gasteiger partial charge in [-0.05, 0) is 24.8 Å². The van der Waals surface area contributed by atoms with Crippen molar-refractivity contribution in [3.05, 3.63) is 39.9 Å². The van der Waals surface area contributed by atoms with Crippen LogP contribution < -0.4 is 0 Å². The summed E-state index contributed by atoms with van der Waals surface area (Å²) in [5, 5.41) is 20.1. The lowest BCUT2D eigenvalue weighted by Gasteiger charge is -2.33. The van der Waals surface area contributed by atoms with Gasteiger partial charge in [-0.3, -0.25) is 14.9 Å². The Balaban J connectivity index is 2.24. The van der Waals surface area contributed by atoms with E-state index in [4.69, 9.17) is 4.74 Å². The molecule has 102 valence electrons. The van der Waals surface area contributed by atoms with Crippen molar-refractivity contribution >= 4 is 11.7 Å². The quantitative estimate of drug-likeness (QED) is 0.664. The van der Waals surface area contributed by atoms with Crippen LogP contribution in [0.5, 0.6) is 0 Å². The normalized spacial score (nSPS) is 22.9. The van der Waals surface area contributed by atoms with E-state index in [0.717, 1.165) is 0 Å². The third-order valence-corrected chi connectivity index (χ3v) is 3.44. The minimum Gasteiger partial charge on any atom is -0.481 e. The molecule has 6 nitrogen and oxygen atoms in total. The van der Waals surface area contributed by atoms with Gasteiger partial charge in [-0.15, -0.1) is 0 Å². The molecule has 1 N–H and O–H groups in total. The first-order chi connectivity index (χ1) is 9.03. The number of hydrogen-bond donors (Lipinski definition) is 1. The molecule has 0 saturated carbocycles. The van der Waals surface area contributed by atoms with Crippen molar-refractivity contribution in [2.24, 2.45) is 5.41 Å². The number of nitro groups is 1. The topological polar surface area (TPSA) is 89.7 Å². The van der Waals surface area contributed by atoms with E-state index in [1.54, 1.807) is 12.1 Å². The molecule has 19 heavy (non-hydrogen) atoms. The van der Waals surface area contributed by atoms with Gasteiger partial charge in [-0.25, -0.2) is 0 Å². The van der Waals surface area contributed by atoms with E-state index in [2.05, 4.69) is 0 Å². The maximum absolute atomic E-state index is 11.5. The van der Waals surface area contributed by atoms with Crippen molar-refractivity contribution in [1.29, 1.82) is 0 Å². The summed E-state index contributed by atoms with van der Waals surface area (Å²) in [5.41, 5.74) is -0.329. The zero-order valence-corrected chi connectivity index (χ0v) is 10.4. The van der Waals surface area contributed by atoms with Gasteiger partial charge < -0.3 is 9.84 Å². The van der Waals surface area contributed by atoms with E-state index < -0.39 is 16.3 Å². The smallest absolute Gasteiger partial charge is 0.312 e. The molecule has 0 radical (unpaired) electrons. The highest BCUT2D eigenvalue weighted by atomic mass is 16.6. The Morgan fingerprint density at radius 1 is 1.53 bits per heavy atom. The number of rotatable bonds is 4. The number of carboxylic acid groups (broad SMARTS) is 1. The van der Waals surface area contributed by atoms with Gasteiger partial charge in [0.2, 0.25) is 0 Å². The predicted molar refractivity (Wildman–Crippen MR) is 66.9 cm³/mol. The summed E-state index contributed by atoms with van der Waals surface area (Å²) in [6.45, 7) is 0.731. The number of carbonyl (C=O) groups is 1. The van der Waals surface area contributed by atoms with Gasteiger partial charge in [0.1, 0.15) is 0 Å². The molecule has 0 amide bonds. The lowest BCUT2D eigenvalue weighted by atomic mass is 9.77. The summed E-state index contributed by atoms with van der Waals surface area (Å²) in [4.78, 5) is 21.7. The van der Waals surface area contributed by atoms with E-state index in [-0.39, 0.29) is 18.7 Å². The SMILES string of the molecule is O=C(O)C1(Cc2cccc([N+](=O)[O-])c2)CCCOC1. The van der Waals surface area contributed by atoms with E-state index in [0.29, 0.717) is 25.0 Å². The fourth-order valence-electron chi connectivity index (χ4n) is 2.41. The zero-order chi connectivity index (χ0) is 13.9. The van der Waals surface area contributed by atoms with Crippen LogP contribution in [0.15, 0.2) is 24.3 Å². The third-order valence-electron chi connectivity index (χ3n) is 3.44. The van der Waals surface area contributed by atoms with Crippen molar-refractivity contribution in [3.63, 3.8) is 0 Å². The van der Waals surface area contributed by atoms with Crippen LogP contribution in [-0.4, -0.2) is 29.2 Å². The Bertz CT molecular complexity index is 494. The molecule has 1 heterocycles. The van der Waals surface area contributed by atoms with Gasteiger partial charge in [0.05, 0.1) is 16.9 Å². The Kier molecular flexibility index (Phi) is 3.80. The number of benzene rings is 1. The number of nitro benzene ring substituents is 1. The molecule has 1 aromatic carbocycles. The minimum atomic E-state index is -0.965. The Hall–Kier alpha value is -1.95. The van der Waals surface area contributed by atoms with Gasteiger partial charge in [0.15, 0.2) is 0 Å². The van der Waals surface area contributed by atoms with Crippen LogP contribution in [0.25, 0.3) is 0 Å². The molecule has 1 aliphatic rings. The third kappa shape index (κ3) is 2.90. The summed E-state index contributed by atoms with van der Waals surface area (Å²) in [6.07, 6.45) is 1.48. The van der Waals surface area contributed by atoms with Gasteiger partial charge >= 0.3 is 5.97 Å². The highest BCUT2D eigenvalue weighted by Crippen LogP contribution is 2.33. The van der Waals surface area contributed by atoms with E-state index in [1.807, 2.05) is 0 Å². The maximum atomic E-state index is 11.5. The predicted octanol–water partition coefficient (Wildman–Crippen LogP) is 2.02. The highest BCUT2D eigenvalue weighted by Gasteiger charge is 2.40. The Morgan fingerprint density at radius 3 is 2.89 bits per heavy atom. The van der Waals surface area contributed by atoms with Crippen LogP contribution in [0.3, 0.4) is 0 Å². The standard InChI is InChI=1S/C13H15NO5/c15-12(16)13(5-2-6-19-9-13)8-10-3-1-4-11(7-10)14(17)18/h1,3-4,7H,2,5-6,8-9H2,(H,15,16). The largest absolute Gasteiger partial charge is 0.481 e. The second kappa shape index (κ2) is 5.36.